The summed E-state index contributed by atoms with van der Waals surface area (Å²) in [5, 5.41) is 17.8. The highest BCUT2D eigenvalue weighted by Gasteiger charge is 2.20. The average molecular weight is 466 g/mol. The number of amides is 1. The second-order valence-corrected chi connectivity index (χ2v) is 7.87. The fourth-order valence-corrected chi connectivity index (χ4v) is 3.90. The topological polar surface area (TPSA) is 117 Å². The molecule has 0 saturated carbocycles. The van der Waals surface area contributed by atoms with E-state index >= 15 is 0 Å². The van der Waals surface area contributed by atoms with Crippen molar-refractivity contribution >= 4 is 34.2 Å². The van der Waals surface area contributed by atoms with Crippen LogP contribution in [-0.4, -0.2) is 50.9 Å². The molecule has 170 valence electrons. The molecule has 8 nitrogen and oxygen atoms in total. The zero-order valence-corrected chi connectivity index (χ0v) is 18.8. The van der Waals surface area contributed by atoms with Gasteiger partial charge < -0.3 is 20.5 Å². The molecular formula is C24H24ClN5O3. The van der Waals surface area contributed by atoms with Crippen LogP contribution in [0.15, 0.2) is 54.9 Å². The molecule has 0 bridgehead atoms. The van der Waals surface area contributed by atoms with Crippen LogP contribution in [0.2, 0.25) is 5.02 Å². The number of nitrogens with two attached hydrogens (primary N) is 1. The van der Waals surface area contributed by atoms with Gasteiger partial charge in [0.1, 0.15) is 11.6 Å². The van der Waals surface area contributed by atoms with Crippen LogP contribution >= 0.6 is 11.6 Å². The Labute approximate surface area is 196 Å². The van der Waals surface area contributed by atoms with Crippen molar-refractivity contribution in [3.8, 4) is 16.9 Å². The summed E-state index contributed by atoms with van der Waals surface area (Å²) in [4.78, 5) is 19.2. The van der Waals surface area contributed by atoms with E-state index in [2.05, 4.69) is 15.2 Å². The molecule has 0 saturated heterocycles. The van der Waals surface area contributed by atoms with Crippen molar-refractivity contribution in [3.63, 3.8) is 0 Å². The van der Waals surface area contributed by atoms with Gasteiger partial charge in [0, 0.05) is 41.0 Å². The Morgan fingerprint density at radius 2 is 2.09 bits per heavy atom. The third-order valence-corrected chi connectivity index (χ3v) is 5.51. The SMILES string of the molecule is CCOc1cc(C(=O)N(CCO)Cc2cnc(N)c3cn[nH]c23)ccc1-c1cccc(Cl)c1. The second kappa shape index (κ2) is 9.89. The average Bonchev–Trinajstić information content (AvgIpc) is 3.31. The van der Waals surface area contributed by atoms with E-state index in [1.807, 2.05) is 31.2 Å². The number of rotatable bonds is 8. The van der Waals surface area contributed by atoms with Crippen molar-refractivity contribution in [2.24, 2.45) is 0 Å². The Kier molecular flexibility index (Phi) is 6.76. The lowest BCUT2D eigenvalue weighted by atomic mass is 10.0. The number of fused-ring (bicyclic) bond motifs is 1. The van der Waals surface area contributed by atoms with Gasteiger partial charge in [-0.25, -0.2) is 4.98 Å². The molecule has 2 aromatic carbocycles. The molecular weight excluding hydrogens is 442 g/mol. The van der Waals surface area contributed by atoms with E-state index in [0.29, 0.717) is 39.7 Å². The molecule has 4 rings (SSSR count). The molecule has 0 aliphatic heterocycles. The second-order valence-electron chi connectivity index (χ2n) is 7.43. The van der Waals surface area contributed by atoms with E-state index in [4.69, 9.17) is 22.1 Å². The van der Waals surface area contributed by atoms with E-state index < -0.39 is 0 Å². The molecule has 1 amide bonds. The lowest BCUT2D eigenvalue weighted by molar-refractivity contribution is 0.0708. The molecule has 0 aliphatic carbocycles. The molecule has 0 radical (unpaired) electrons. The molecule has 0 spiro atoms. The summed E-state index contributed by atoms with van der Waals surface area (Å²) >= 11 is 6.16. The number of nitrogens with zero attached hydrogens (tertiary/aromatic N) is 3. The van der Waals surface area contributed by atoms with E-state index in [1.54, 1.807) is 35.5 Å². The number of benzene rings is 2. The van der Waals surface area contributed by atoms with Gasteiger partial charge in [0.15, 0.2) is 0 Å². The molecule has 0 unspecified atom stereocenters. The summed E-state index contributed by atoms with van der Waals surface area (Å²) in [6.45, 7) is 2.53. The summed E-state index contributed by atoms with van der Waals surface area (Å²) in [5.41, 5.74) is 9.56. The number of carbonyl (C=O) groups is 1. The lowest BCUT2D eigenvalue weighted by Crippen LogP contribution is -2.33. The third kappa shape index (κ3) is 4.76. The highest BCUT2D eigenvalue weighted by atomic mass is 35.5. The van der Waals surface area contributed by atoms with Crippen LogP contribution in [0.25, 0.3) is 22.0 Å². The van der Waals surface area contributed by atoms with Gasteiger partial charge in [-0.2, -0.15) is 5.10 Å². The van der Waals surface area contributed by atoms with Crippen LogP contribution in [0.5, 0.6) is 5.75 Å². The van der Waals surface area contributed by atoms with Crippen molar-refractivity contribution in [2.45, 2.75) is 13.5 Å². The smallest absolute Gasteiger partial charge is 0.254 e. The highest BCUT2D eigenvalue weighted by molar-refractivity contribution is 6.30. The van der Waals surface area contributed by atoms with Crippen molar-refractivity contribution in [2.75, 3.05) is 25.5 Å². The summed E-state index contributed by atoms with van der Waals surface area (Å²) in [6, 6.07) is 12.8. The van der Waals surface area contributed by atoms with Crippen LogP contribution in [0.4, 0.5) is 5.82 Å². The maximum Gasteiger partial charge on any atom is 0.254 e. The molecule has 2 heterocycles. The number of anilines is 1. The fourth-order valence-electron chi connectivity index (χ4n) is 3.71. The number of halogens is 1. The molecule has 2 aromatic heterocycles. The molecule has 0 fully saturated rings. The zero-order valence-electron chi connectivity index (χ0n) is 18.1. The van der Waals surface area contributed by atoms with Crippen molar-refractivity contribution < 1.29 is 14.6 Å². The quantitative estimate of drug-likeness (QED) is 0.363. The number of pyridine rings is 1. The van der Waals surface area contributed by atoms with E-state index in [1.165, 1.54) is 0 Å². The minimum Gasteiger partial charge on any atom is -0.493 e. The first kappa shape index (κ1) is 22.6. The number of nitrogen functional groups attached to an aromatic ring is 1. The maximum atomic E-state index is 13.4. The number of aromatic amines is 1. The van der Waals surface area contributed by atoms with Crippen molar-refractivity contribution in [1.82, 2.24) is 20.1 Å². The summed E-state index contributed by atoms with van der Waals surface area (Å²) in [6.07, 6.45) is 3.21. The first-order valence-corrected chi connectivity index (χ1v) is 10.9. The Morgan fingerprint density at radius 3 is 2.85 bits per heavy atom. The van der Waals surface area contributed by atoms with Gasteiger partial charge in [-0.05, 0) is 42.8 Å². The third-order valence-electron chi connectivity index (χ3n) is 5.28. The predicted molar refractivity (Wildman–Crippen MR) is 128 cm³/mol. The minimum absolute atomic E-state index is 0.152. The van der Waals surface area contributed by atoms with Gasteiger partial charge in [-0.15, -0.1) is 0 Å². The summed E-state index contributed by atoms with van der Waals surface area (Å²) in [7, 11) is 0. The number of hydrogen-bond acceptors (Lipinski definition) is 6. The first-order valence-electron chi connectivity index (χ1n) is 10.5. The molecule has 4 aromatic rings. The van der Waals surface area contributed by atoms with Crippen LogP contribution in [0.3, 0.4) is 0 Å². The monoisotopic (exact) mass is 465 g/mol. The molecule has 4 N–H and O–H groups in total. The number of aliphatic hydroxyl groups is 1. The largest absolute Gasteiger partial charge is 0.493 e. The molecule has 0 atom stereocenters. The Bertz CT molecular complexity index is 1290. The van der Waals surface area contributed by atoms with E-state index in [0.717, 1.165) is 16.7 Å². The number of aliphatic hydroxyl groups excluding tert-OH is 1. The Balaban J connectivity index is 1.67. The zero-order chi connectivity index (χ0) is 23.4. The minimum atomic E-state index is -0.243. The number of H-pyrrole nitrogens is 1. The van der Waals surface area contributed by atoms with Gasteiger partial charge in [-0.3, -0.25) is 9.89 Å². The molecule has 0 aliphatic rings. The van der Waals surface area contributed by atoms with Gasteiger partial charge in [-0.1, -0.05) is 23.7 Å². The summed E-state index contributed by atoms with van der Waals surface area (Å²) < 4.78 is 5.84. The maximum absolute atomic E-state index is 13.4. The van der Waals surface area contributed by atoms with Gasteiger partial charge >= 0.3 is 0 Å². The van der Waals surface area contributed by atoms with Crippen LogP contribution in [0.1, 0.15) is 22.8 Å². The number of carbonyl (C=O) groups excluding carboxylic acids is 1. The fraction of sp³-hybridized carbons (Fsp3) is 0.208. The van der Waals surface area contributed by atoms with Gasteiger partial charge in [0.25, 0.3) is 5.91 Å². The van der Waals surface area contributed by atoms with Crippen LogP contribution in [-0.2, 0) is 6.54 Å². The van der Waals surface area contributed by atoms with Crippen LogP contribution in [0, 0.1) is 0 Å². The van der Waals surface area contributed by atoms with E-state index in [-0.39, 0.29) is 25.6 Å². The number of ether oxygens (including phenoxy) is 1. The van der Waals surface area contributed by atoms with Crippen molar-refractivity contribution in [3.05, 3.63) is 71.0 Å². The number of aromatic nitrogens is 3. The molecule has 9 heteroatoms. The van der Waals surface area contributed by atoms with Gasteiger partial charge in [0.2, 0.25) is 0 Å². The first-order chi connectivity index (χ1) is 16.0. The highest BCUT2D eigenvalue weighted by Crippen LogP contribution is 2.33. The summed E-state index contributed by atoms with van der Waals surface area (Å²) in [5.74, 6) is 0.701. The normalized spacial score (nSPS) is 11.0. The molecule has 33 heavy (non-hydrogen) atoms. The lowest BCUT2D eigenvalue weighted by Gasteiger charge is -2.23. The standard InChI is InChI=1S/C24H24ClN5O3/c1-2-33-21-11-16(6-7-19(21)15-4-3-5-18(25)10-15)24(32)30(8-9-31)14-17-12-27-23(26)20-13-28-29-22(17)20/h3-7,10-13,31H,2,8-9,14H2,1H3,(H2,26,27)(H,28,29). The Hall–Kier alpha value is -3.62. The van der Waals surface area contributed by atoms with Gasteiger partial charge in [0.05, 0.1) is 30.3 Å². The predicted octanol–water partition coefficient (Wildman–Crippen LogP) is 3.89. The van der Waals surface area contributed by atoms with Crippen molar-refractivity contribution in [1.29, 1.82) is 0 Å². The van der Waals surface area contributed by atoms with E-state index in [9.17, 15) is 9.90 Å². The number of nitrogens with one attached hydrogen (secondary N) is 1. The Morgan fingerprint density at radius 1 is 1.24 bits per heavy atom. The number of hydrogen-bond donors (Lipinski definition) is 3. The van der Waals surface area contributed by atoms with Crippen LogP contribution < -0.4 is 10.5 Å².